The SMILES string of the molecule is CC(CCCO)NCC(CNC(=O)OC(C)(C)C)C(C)C. The number of aliphatic hydroxyl groups excluding tert-OH is 1. The van der Waals surface area contributed by atoms with Crippen LogP contribution in [0.2, 0.25) is 0 Å². The highest BCUT2D eigenvalue weighted by Gasteiger charge is 2.19. The van der Waals surface area contributed by atoms with Gasteiger partial charge in [0.2, 0.25) is 0 Å². The molecule has 0 saturated heterocycles. The number of nitrogens with one attached hydrogen (secondary N) is 2. The summed E-state index contributed by atoms with van der Waals surface area (Å²) < 4.78 is 5.25. The Labute approximate surface area is 129 Å². The first-order chi connectivity index (χ1) is 9.65. The fourth-order valence-electron chi connectivity index (χ4n) is 1.92. The minimum absolute atomic E-state index is 0.236. The van der Waals surface area contributed by atoms with Crippen LogP contribution < -0.4 is 10.6 Å². The summed E-state index contributed by atoms with van der Waals surface area (Å²) in [7, 11) is 0. The molecule has 1 amide bonds. The Hall–Kier alpha value is -0.810. The smallest absolute Gasteiger partial charge is 0.407 e. The summed E-state index contributed by atoms with van der Waals surface area (Å²) in [6.07, 6.45) is 1.42. The molecule has 0 saturated carbocycles. The highest BCUT2D eigenvalue weighted by molar-refractivity contribution is 5.67. The van der Waals surface area contributed by atoms with Gasteiger partial charge in [-0.3, -0.25) is 0 Å². The molecule has 0 aliphatic carbocycles. The average Bonchev–Trinajstić information content (AvgIpc) is 2.33. The van der Waals surface area contributed by atoms with Gasteiger partial charge in [-0.25, -0.2) is 4.79 Å². The Kier molecular flexibility index (Phi) is 9.62. The lowest BCUT2D eigenvalue weighted by atomic mass is 9.95. The van der Waals surface area contributed by atoms with Crippen molar-refractivity contribution in [2.24, 2.45) is 11.8 Å². The monoisotopic (exact) mass is 302 g/mol. The van der Waals surface area contributed by atoms with Crippen molar-refractivity contribution in [3.8, 4) is 0 Å². The molecule has 21 heavy (non-hydrogen) atoms. The van der Waals surface area contributed by atoms with Crippen LogP contribution in [0, 0.1) is 11.8 Å². The molecule has 2 unspecified atom stereocenters. The van der Waals surface area contributed by atoms with E-state index in [1.54, 1.807) is 0 Å². The van der Waals surface area contributed by atoms with E-state index in [1.807, 2.05) is 20.8 Å². The van der Waals surface area contributed by atoms with E-state index in [9.17, 15) is 4.79 Å². The summed E-state index contributed by atoms with van der Waals surface area (Å²) in [5.41, 5.74) is -0.464. The first kappa shape index (κ1) is 20.2. The minimum atomic E-state index is -0.464. The summed E-state index contributed by atoms with van der Waals surface area (Å²) in [6.45, 7) is 13.7. The zero-order valence-corrected chi connectivity index (χ0v) is 14.5. The lowest BCUT2D eigenvalue weighted by molar-refractivity contribution is 0.0514. The van der Waals surface area contributed by atoms with Crippen molar-refractivity contribution in [2.45, 2.75) is 66.0 Å². The van der Waals surface area contributed by atoms with Crippen LogP contribution in [-0.2, 0) is 4.74 Å². The second-order valence-electron chi connectivity index (χ2n) is 7.06. The largest absolute Gasteiger partial charge is 0.444 e. The molecule has 5 nitrogen and oxygen atoms in total. The van der Waals surface area contributed by atoms with Crippen LogP contribution in [0.25, 0.3) is 0 Å². The summed E-state index contributed by atoms with van der Waals surface area (Å²) >= 11 is 0. The number of aliphatic hydroxyl groups is 1. The number of ether oxygens (including phenoxy) is 1. The van der Waals surface area contributed by atoms with Crippen molar-refractivity contribution in [3.05, 3.63) is 0 Å². The summed E-state index contributed by atoms with van der Waals surface area (Å²) in [6, 6.07) is 0.375. The van der Waals surface area contributed by atoms with Gasteiger partial charge >= 0.3 is 6.09 Å². The summed E-state index contributed by atoms with van der Waals surface area (Å²) in [5, 5.41) is 15.1. The molecule has 0 aliphatic rings. The average molecular weight is 302 g/mol. The van der Waals surface area contributed by atoms with Crippen LogP contribution >= 0.6 is 0 Å². The van der Waals surface area contributed by atoms with E-state index in [0.717, 1.165) is 19.4 Å². The van der Waals surface area contributed by atoms with Crippen molar-refractivity contribution >= 4 is 6.09 Å². The molecule has 0 heterocycles. The molecule has 0 fully saturated rings. The lowest BCUT2D eigenvalue weighted by Crippen LogP contribution is -2.41. The van der Waals surface area contributed by atoms with Crippen molar-refractivity contribution in [2.75, 3.05) is 19.7 Å². The Morgan fingerprint density at radius 1 is 1.19 bits per heavy atom. The second kappa shape index (κ2) is 10.0. The van der Waals surface area contributed by atoms with E-state index in [4.69, 9.17) is 9.84 Å². The van der Waals surface area contributed by atoms with Crippen LogP contribution in [0.5, 0.6) is 0 Å². The normalized spacial score (nSPS) is 14.9. The maximum Gasteiger partial charge on any atom is 0.407 e. The first-order valence-electron chi connectivity index (χ1n) is 7.96. The van der Waals surface area contributed by atoms with Gasteiger partial charge in [-0.2, -0.15) is 0 Å². The van der Waals surface area contributed by atoms with E-state index in [2.05, 4.69) is 31.4 Å². The minimum Gasteiger partial charge on any atom is -0.444 e. The molecule has 0 aromatic rings. The molecule has 2 atom stereocenters. The molecule has 0 bridgehead atoms. The second-order valence-corrected chi connectivity index (χ2v) is 7.06. The Morgan fingerprint density at radius 2 is 1.81 bits per heavy atom. The van der Waals surface area contributed by atoms with E-state index < -0.39 is 5.60 Å². The molecular formula is C16H34N2O3. The van der Waals surface area contributed by atoms with Gasteiger partial charge in [-0.15, -0.1) is 0 Å². The number of carbonyl (C=O) groups is 1. The zero-order valence-electron chi connectivity index (χ0n) is 14.5. The lowest BCUT2D eigenvalue weighted by Gasteiger charge is -2.25. The molecule has 0 spiro atoms. The van der Waals surface area contributed by atoms with E-state index in [1.165, 1.54) is 0 Å². The predicted octanol–water partition coefficient (Wildman–Crippen LogP) is 2.53. The molecule has 0 aromatic heterocycles. The Bertz CT molecular complexity index is 288. The molecule has 0 radical (unpaired) electrons. The number of hydrogen-bond acceptors (Lipinski definition) is 4. The summed E-state index contributed by atoms with van der Waals surface area (Å²) in [5.74, 6) is 0.826. The van der Waals surface area contributed by atoms with Crippen molar-refractivity contribution in [1.29, 1.82) is 0 Å². The van der Waals surface area contributed by atoms with Gasteiger partial charge in [-0.1, -0.05) is 13.8 Å². The van der Waals surface area contributed by atoms with Gasteiger partial charge in [0.1, 0.15) is 5.60 Å². The maximum absolute atomic E-state index is 11.7. The van der Waals surface area contributed by atoms with Gasteiger partial charge in [-0.05, 0) is 52.4 Å². The van der Waals surface area contributed by atoms with E-state index in [-0.39, 0.29) is 12.7 Å². The topological polar surface area (TPSA) is 70.6 Å². The third kappa shape index (κ3) is 11.5. The Morgan fingerprint density at radius 3 is 2.29 bits per heavy atom. The van der Waals surface area contributed by atoms with Crippen LogP contribution in [0.3, 0.4) is 0 Å². The molecule has 126 valence electrons. The third-order valence-corrected chi connectivity index (χ3v) is 3.37. The van der Waals surface area contributed by atoms with E-state index >= 15 is 0 Å². The van der Waals surface area contributed by atoms with Crippen LogP contribution in [0.4, 0.5) is 4.79 Å². The number of amides is 1. The number of rotatable bonds is 9. The van der Waals surface area contributed by atoms with Gasteiger partial charge in [0.05, 0.1) is 0 Å². The number of carbonyl (C=O) groups excluding carboxylic acids is 1. The quantitative estimate of drug-likeness (QED) is 0.612. The van der Waals surface area contributed by atoms with Crippen LogP contribution in [-0.4, -0.2) is 42.5 Å². The van der Waals surface area contributed by atoms with Crippen molar-refractivity contribution in [3.63, 3.8) is 0 Å². The molecule has 0 rings (SSSR count). The van der Waals surface area contributed by atoms with Gasteiger partial charge in [0.15, 0.2) is 0 Å². The number of hydrogen-bond donors (Lipinski definition) is 3. The predicted molar refractivity (Wildman–Crippen MR) is 86.3 cm³/mol. The summed E-state index contributed by atoms with van der Waals surface area (Å²) in [4.78, 5) is 11.7. The molecule has 3 N–H and O–H groups in total. The molecular weight excluding hydrogens is 268 g/mol. The third-order valence-electron chi connectivity index (χ3n) is 3.37. The highest BCUT2D eigenvalue weighted by atomic mass is 16.6. The molecule has 0 aromatic carbocycles. The van der Waals surface area contributed by atoms with E-state index in [0.29, 0.717) is 24.4 Å². The number of alkyl carbamates (subject to hydrolysis) is 1. The first-order valence-corrected chi connectivity index (χ1v) is 7.96. The van der Waals surface area contributed by atoms with Crippen molar-refractivity contribution < 1.29 is 14.6 Å². The maximum atomic E-state index is 11.7. The van der Waals surface area contributed by atoms with Crippen LogP contribution in [0.15, 0.2) is 0 Å². The Balaban J connectivity index is 4.11. The van der Waals surface area contributed by atoms with Gasteiger partial charge < -0.3 is 20.5 Å². The van der Waals surface area contributed by atoms with Gasteiger partial charge in [0, 0.05) is 25.7 Å². The van der Waals surface area contributed by atoms with Gasteiger partial charge in [0.25, 0.3) is 0 Å². The fraction of sp³-hybridized carbons (Fsp3) is 0.938. The van der Waals surface area contributed by atoms with Crippen LogP contribution in [0.1, 0.15) is 54.4 Å². The fourth-order valence-corrected chi connectivity index (χ4v) is 1.92. The zero-order chi connectivity index (χ0) is 16.5. The van der Waals surface area contributed by atoms with Crippen molar-refractivity contribution in [1.82, 2.24) is 10.6 Å². The standard InChI is InChI=1S/C16H34N2O3/c1-12(2)14(10-17-13(3)8-7-9-19)11-18-15(20)21-16(4,5)6/h12-14,17,19H,7-11H2,1-6H3,(H,18,20). The molecule has 0 aliphatic heterocycles. The highest BCUT2D eigenvalue weighted by Crippen LogP contribution is 2.11. The molecule has 5 heteroatoms.